The summed E-state index contributed by atoms with van der Waals surface area (Å²) < 4.78 is 40.0. The van der Waals surface area contributed by atoms with Gasteiger partial charge in [0, 0.05) is 12.2 Å². The molecule has 0 spiro atoms. The molecule has 0 aliphatic heterocycles. The van der Waals surface area contributed by atoms with Gasteiger partial charge in [-0.15, -0.1) is 0 Å². The minimum atomic E-state index is -3.98. The van der Waals surface area contributed by atoms with E-state index in [1.807, 2.05) is 19.1 Å². The molecule has 140 valence electrons. The summed E-state index contributed by atoms with van der Waals surface area (Å²) in [5.74, 6) is -1.16. The number of sulfonamides is 1. The fourth-order valence-electron chi connectivity index (χ4n) is 2.38. The van der Waals surface area contributed by atoms with Crippen molar-refractivity contribution in [1.29, 1.82) is 0 Å². The number of hydrogen-bond donors (Lipinski definition) is 1. The minimum absolute atomic E-state index is 0.151. The molecule has 0 unspecified atom stereocenters. The van der Waals surface area contributed by atoms with Crippen molar-refractivity contribution in [3.05, 3.63) is 58.9 Å². The predicted molar refractivity (Wildman–Crippen MR) is 100 cm³/mol. The lowest BCUT2D eigenvalue weighted by molar-refractivity contribution is -0.116. The number of halogens is 2. The normalized spacial score (nSPS) is 11.6. The van der Waals surface area contributed by atoms with E-state index in [2.05, 4.69) is 5.32 Å². The number of nitrogens with one attached hydrogen (secondary N) is 1. The topological polar surface area (TPSA) is 66.5 Å². The third-order valence-electron chi connectivity index (χ3n) is 3.74. The SMILES string of the molecule is CCCN(CC(=O)Nc1ccccc1C)S(=O)(=O)c1ccc(F)c(Cl)c1. The van der Waals surface area contributed by atoms with Crippen molar-refractivity contribution in [2.45, 2.75) is 25.2 Å². The van der Waals surface area contributed by atoms with E-state index in [-0.39, 0.29) is 23.0 Å². The van der Waals surface area contributed by atoms with E-state index in [9.17, 15) is 17.6 Å². The summed E-state index contributed by atoms with van der Waals surface area (Å²) in [5, 5.41) is 2.43. The first kappa shape index (κ1) is 20.4. The Hall–Kier alpha value is -1.96. The Balaban J connectivity index is 2.22. The molecule has 0 aliphatic carbocycles. The molecule has 1 N–H and O–H groups in total. The molecule has 2 rings (SSSR count). The van der Waals surface area contributed by atoms with Crippen molar-refractivity contribution >= 4 is 33.2 Å². The number of hydrogen-bond acceptors (Lipinski definition) is 3. The maximum absolute atomic E-state index is 13.3. The zero-order valence-electron chi connectivity index (χ0n) is 14.5. The van der Waals surface area contributed by atoms with Crippen molar-refractivity contribution in [3.8, 4) is 0 Å². The number of carbonyl (C=O) groups excluding carboxylic acids is 1. The smallest absolute Gasteiger partial charge is 0.243 e. The lowest BCUT2D eigenvalue weighted by Crippen LogP contribution is -2.38. The van der Waals surface area contributed by atoms with Gasteiger partial charge in [0.1, 0.15) is 5.82 Å². The van der Waals surface area contributed by atoms with E-state index < -0.39 is 21.7 Å². The highest BCUT2D eigenvalue weighted by Gasteiger charge is 2.26. The van der Waals surface area contributed by atoms with Crippen LogP contribution in [0, 0.1) is 12.7 Å². The molecule has 5 nitrogen and oxygen atoms in total. The van der Waals surface area contributed by atoms with Gasteiger partial charge in [0.05, 0.1) is 16.5 Å². The Morgan fingerprint density at radius 1 is 1.23 bits per heavy atom. The van der Waals surface area contributed by atoms with Crippen LogP contribution in [0.4, 0.5) is 10.1 Å². The van der Waals surface area contributed by atoms with Gasteiger partial charge in [0.15, 0.2) is 0 Å². The Morgan fingerprint density at radius 3 is 2.54 bits per heavy atom. The molecule has 0 bridgehead atoms. The standard InChI is InChI=1S/C18H20ClFN2O3S/c1-3-10-22(12-18(23)21-17-7-5-4-6-13(17)2)26(24,25)14-8-9-16(20)15(19)11-14/h4-9,11H,3,10,12H2,1-2H3,(H,21,23). The number of rotatable bonds is 7. The molecule has 0 aliphatic rings. The van der Waals surface area contributed by atoms with Gasteiger partial charge in [0.25, 0.3) is 0 Å². The molecule has 0 heterocycles. The molecule has 26 heavy (non-hydrogen) atoms. The van der Waals surface area contributed by atoms with E-state index in [4.69, 9.17) is 11.6 Å². The number of benzene rings is 2. The van der Waals surface area contributed by atoms with E-state index in [1.54, 1.807) is 19.1 Å². The summed E-state index contributed by atoms with van der Waals surface area (Å²) in [6.07, 6.45) is 0.520. The first-order valence-corrected chi connectivity index (χ1v) is 9.88. The molecule has 0 fully saturated rings. The van der Waals surface area contributed by atoms with Gasteiger partial charge < -0.3 is 5.32 Å². The second kappa shape index (κ2) is 8.62. The molecule has 0 saturated heterocycles. The van der Waals surface area contributed by atoms with Crippen LogP contribution >= 0.6 is 11.6 Å². The highest BCUT2D eigenvalue weighted by molar-refractivity contribution is 7.89. The van der Waals surface area contributed by atoms with Gasteiger partial charge in [-0.25, -0.2) is 12.8 Å². The number of nitrogens with zero attached hydrogens (tertiary/aromatic N) is 1. The summed E-state index contributed by atoms with van der Waals surface area (Å²) in [4.78, 5) is 12.2. The Kier molecular flexibility index (Phi) is 6.75. The first-order valence-electron chi connectivity index (χ1n) is 8.06. The van der Waals surface area contributed by atoms with Gasteiger partial charge in [-0.05, 0) is 43.2 Å². The van der Waals surface area contributed by atoms with Gasteiger partial charge in [-0.1, -0.05) is 36.7 Å². The van der Waals surface area contributed by atoms with Crippen molar-refractivity contribution in [1.82, 2.24) is 4.31 Å². The van der Waals surface area contributed by atoms with Crippen LogP contribution in [0.5, 0.6) is 0 Å². The van der Waals surface area contributed by atoms with Crippen LogP contribution < -0.4 is 5.32 Å². The summed E-state index contributed by atoms with van der Waals surface area (Å²) in [5.41, 5.74) is 1.49. The maximum atomic E-state index is 13.3. The molecule has 2 aromatic rings. The zero-order valence-corrected chi connectivity index (χ0v) is 16.1. The Morgan fingerprint density at radius 2 is 1.92 bits per heavy atom. The van der Waals surface area contributed by atoms with Crippen LogP contribution in [0.25, 0.3) is 0 Å². The van der Waals surface area contributed by atoms with Gasteiger partial charge in [0.2, 0.25) is 15.9 Å². The first-order chi connectivity index (χ1) is 12.3. The highest BCUT2D eigenvalue weighted by Crippen LogP contribution is 2.23. The van der Waals surface area contributed by atoms with E-state index in [0.717, 1.165) is 28.1 Å². The average molecular weight is 399 g/mol. The van der Waals surface area contributed by atoms with Crippen molar-refractivity contribution in [2.24, 2.45) is 0 Å². The fraction of sp³-hybridized carbons (Fsp3) is 0.278. The summed E-state index contributed by atoms with van der Waals surface area (Å²) in [7, 11) is -3.98. The number of anilines is 1. The van der Waals surface area contributed by atoms with Crippen LogP contribution in [-0.2, 0) is 14.8 Å². The van der Waals surface area contributed by atoms with E-state index in [1.165, 1.54) is 0 Å². The van der Waals surface area contributed by atoms with Crippen LogP contribution in [-0.4, -0.2) is 31.7 Å². The number of aryl methyl sites for hydroxylation is 1. The van der Waals surface area contributed by atoms with E-state index in [0.29, 0.717) is 12.1 Å². The molecule has 2 aromatic carbocycles. The average Bonchev–Trinajstić information content (AvgIpc) is 2.59. The molecule has 0 aromatic heterocycles. The molecular weight excluding hydrogens is 379 g/mol. The van der Waals surface area contributed by atoms with Crippen molar-refractivity contribution in [3.63, 3.8) is 0 Å². The molecule has 0 saturated carbocycles. The molecule has 0 atom stereocenters. The highest BCUT2D eigenvalue weighted by atomic mass is 35.5. The predicted octanol–water partition coefficient (Wildman–Crippen LogP) is 3.83. The Labute approximate surface area is 157 Å². The summed E-state index contributed by atoms with van der Waals surface area (Å²) >= 11 is 5.69. The van der Waals surface area contributed by atoms with Gasteiger partial charge in [-0.2, -0.15) is 4.31 Å². The molecular formula is C18H20ClFN2O3S. The maximum Gasteiger partial charge on any atom is 0.243 e. The zero-order chi connectivity index (χ0) is 19.3. The van der Waals surface area contributed by atoms with Crippen LogP contribution in [0.1, 0.15) is 18.9 Å². The number of carbonyl (C=O) groups is 1. The third kappa shape index (κ3) is 4.81. The molecule has 1 amide bonds. The summed E-state index contributed by atoms with van der Waals surface area (Å²) in [6.45, 7) is 3.45. The Bertz CT molecular complexity index is 903. The lowest BCUT2D eigenvalue weighted by Gasteiger charge is -2.21. The quantitative estimate of drug-likeness (QED) is 0.770. The van der Waals surface area contributed by atoms with Gasteiger partial charge in [-0.3, -0.25) is 4.79 Å². The monoisotopic (exact) mass is 398 g/mol. The van der Waals surface area contributed by atoms with Crippen molar-refractivity contribution < 1.29 is 17.6 Å². The molecule has 8 heteroatoms. The fourth-order valence-corrected chi connectivity index (χ4v) is 4.14. The van der Waals surface area contributed by atoms with Crippen LogP contribution in [0.2, 0.25) is 5.02 Å². The molecule has 0 radical (unpaired) electrons. The third-order valence-corrected chi connectivity index (χ3v) is 5.87. The van der Waals surface area contributed by atoms with Gasteiger partial charge >= 0.3 is 0 Å². The number of para-hydroxylation sites is 1. The minimum Gasteiger partial charge on any atom is -0.325 e. The number of amides is 1. The van der Waals surface area contributed by atoms with Crippen LogP contribution in [0.3, 0.4) is 0 Å². The van der Waals surface area contributed by atoms with Crippen LogP contribution in [0.15, 0.2) is 47.4 Å². The van der Waals surface area contributed by atoms with Crippen molar-refractivity contribution in [2.75, 3.05) is 18.4 Å². The lowest BCUT2D eigenvalue weighted by atomic mass is 10.2. The second-order valence-corrected chi connectivity index (χ2v) is 8.12. The second-order valence-electron chi connectivity index (χ2n) is 5.78. The summed E-state index contributed by atoms with van der Waals surface area (Å²) in [6, 6.07) is 10.4. The largest absolute Gasteiger partial charge is 0.325 e. The van der Waals surface area contributed by atoms with E-state index >= 15 is 0 Å².